The van der Waals surface area contributed by atoms with E-state index in [2.05, 4.69) is 21.2 Å². The van der Waals surface area contributed by atoms with Crippen LogP contribution in [0.1, 0.15) is 17.9 Å². The van der Waals surface area contributed by atoms with Crippen molar-refractivity contribution in [3.63, 3.8) is 0 Å². The van der Waals surface area contributed by atoms with E-state index in [1.165, 1.54) is 31.3 Å². The smallest absolute Gasteiger partial charge is 0.424 e. The van der Waals surface area contributed by atoms with Crippen molar-refractivity contribution >= 4 is 21.8 Å². The lowest BCUT2D eigenvalue weighted by Gasteiger charge is -2.28. The maximum absolute atomic E-state index is 13.3. The van der Waals surface area contributed by atoms with Gasteiger partial charge in [0.15, 0.2) is 0 Å². The number of alkyl halides is 3. The van der Waals surface area contributed by atoms with Crippen LogP contribution in [0.25, 0.3) is 0 Å². The van der Waals surface area contributed by atoms with E-state index in [-0.39, 0.29) is 12.3 Å². The molecule has 0 saturated carbocycles. The molecule has 10 heteroatoms. The Hall–Kier alpha value is -2.07. The standard InChI is InChI=1S/C16H16BrF3N2O4/c1-10-2-4-12(26-10)15(25,16(18,19)20)6-7-21-13(23)9-22-8-11(17)3-5-14(22)24/h2-5,8,25H,6-7,9H2,1H3,(H,21,23). The molecule has 0 radical (unpaired) electrons. The highest BCUT2D eigenvalue weighted by atomic mass is 79.9. The number of aromatic nitrogens is 1. The summed E-state index contributed by atoms with van der Waals surface area (Å²) >= 11 is 3.15. The number of carbonyl (C=O) groups excluding carboxylic acids is 1. The molecule has 2 heterocycles. The maximum Gasteiger partial charge on any atom is 0.424 e. The summed E-state index contributed by atoms with van der Waals surface area (Å²) in [5, 5.41) is 12.4. The second-order valence-corrected chi connectivity index (χ2v) is 6.60. The molecule has 0 aliphatic carbocycles. The molecular formula is C16H16BrF3N2O4. The monoisotopic (exact) mass is 436 g/mol. The number of carbonyl (C=O) groups is 1. The molecule has 26 heavy (non-hydrogen) atoms. The van der Waals surface area contributed by atoms with Crippen molar-refractivity contribution in [2.45, 2.75) is 31.7 Å². The van der Waals surface area contributed by atoms with Crippen LogP contribution in [0.4, 0.5) is 13.2 Å². The van der Waals surface area contributed by atoms with Crippen LogP contribution >= 0.6 is 15.9 Å². The predicted octanol–water partition coefficient (Wildman–Crippen LogP) is 2.47. The van der Waals surface area contributed by atoms with E-state index in [9.17, 15) is 27.9 Å². The third kappa shape index (κ3) is 4.55. The van der Waals surface area contributed by atoms with Gasteiger partial charge in [-0.15, -0.1) is 0 Å². The molecule has 2 aromatic rings. The molecule has 2 aromatic heterocycles. The molecule has 0 spiro atoms. The molecule has 0 aliphatic heterocycles. The van der Waals surface area contributed by atoms with Crippen molar-refractivity contribution in [2.75, 3.05) is 6.54 Å². The van der Waals surface area contributed by atoms with E-state index >= 15 is 0 Å². The van der Waals surface area contributed by atoms with Gasteiger partial charge < -0.3 is 19.4 Å². The molecule has 0 aromatic carbocycles. The van der Waals surface area contributed by atoms with E-state index in [1.807, 2.05) is 0 Å². The Balaban J connectivity index is 2.02. The van der Waals surface area contributed by atoms with Gasteiger partial charge in [-0.1, -0.05) is 0 Å². The molecule has 0 saturated heterocycles. The van der Waals surface area contributed by atoms with Gasteiger partial charge in [0, 0.05) is 29.7 Å². The normalized spacial score (nSPS) is 14.1. The molecule has 1 atom stereocenters. The molecule has 0 aliphatic rings. The summed E-state index contributed by atoms with van der Waals surface area (Å²) in [5.41, 5.74) is -3.65. The number of hydrogen-bond donors (Lipinski definition) is 2. The Labute approximate surface area is 154 Å². The minimum Gasteiger partial charge on any atom is -0.463 e. The minimum atomic E-state index is -4.98. The van der Waals surface area contributed by atoms with Gasteiger partial charge in [-0.05, 0) is 41.1 Å². The van der Waals surface area contributed by atoms with Crippen LogP contribution in [-0.4, -0.2) is 28.3 Å². The fourth-order valence-electron chi connectivity index (χ4n) is 2.28. The van der Waals surface area contributed by atoms with Gasteiger partial charge in [-0.2, -0.15) is 13.2 Å². The van der Waals surface area contributed by atoms with Gasteiger partial charge in [0.25, 0.3) is 5.56 Å². The zero-order chi connectivity index (χ0) is 19.5. The molecule has 2 rings (SSSR count). The summed E-state index contributed by atoms with van der Waals surface area (Å²) in [6, 6.07) is 5.11. The number of aliphatic hydroxyl groups is 1. The van der Waals surface area contributed by atoms with Crippen molar-refractivity contribution < 1.29 is 27.5 Å². The number of furan rings is 1. The second kappa shape index (κ2) is 7.67. The Morgan fingerprint density at radius 2 is 2.00 bits per heavy atom. The summed E-state index contributed by atoms with van der Waals surface area (Å²) in [4.78, 5) is 23.5. The fourth-order valence-corrected chi connectivity index (χ4v) is 2.66. The highest BCUT2D eigenvalue weighted by Gasteiger charge is 2.56. The first kappa shape index (κ1) is 20.2. The lowest BCUT2D eigenvalue weighted by atomic mass is 9.95. The number of amides is 1. The summed E-state index contributed by atoms with van der Waals surface area (Å²) in [5.74, 6) is -1.08. The highest BCUT2D eigenvalue weighted by molar-refractivity contribution is 9.10. The van der Waals surface area contributed by atoms with Crippen molar-refractivity contribution in [1.29, 1.82) is 0 Å². The van der Waals surface area contributed by atoms with E-state index < -0.39 is 42.0 Å². The number of rotatable bonds is 6. The molecular weight excluding hydrogens is 421 g/mol. The lowest BCUT2D eigenvalue weighted by Crippen LogP contribution is -2.45. The average molecular weight is 437 g/mol. The number of hydrogen-bond acceptors (Lipinski definition) is 4. The van der Waals surface area contributed by atoms with E-state index in [0.717, 1.165) is 10.6 Å². The molecule has 2 N–H and O–H groups in total. The molecule has 6 nitrogen and oxygen atoms in total. The van der Waals surface area contributed by atoms with Crippen LogP contribution in [0, 0.1) is 6.92 Å². The summed E-state index contributed by atoms with van der Waals surface area (Å²) in [7, 11) is 0. The fraction of sp³-hybridized carbons (Fsp3) is 0.375. The Morgan fingerprint density at radius 3 is 2.58 bits per heavy atom. The third-order valence-electron chi connectivity index (χ3n) is 3.69. The summed E-state index contributed by atoms with van der Waals surface area (Å²) in [6.45, 7) is 0.637. The van der Waals surface area contributed by atoms with E-state index in [0.29, 0.717) is 4.47 Å². The number of halogens is 4. The van der Waals surface area contributed by atoms with Crippen molar-refractivity contribution in [3.05, 3.63) is 56.8 Å². The Morgan fingerprint density at radius 1 is 1.31 bits per heavy atom. The quantitative estimate of drug-likeness (QED) is 0.728. The van der Waals surface area contributed by atoms with Crippen molar-refractivity contribution in [2.24, 2.45) is 0 Å². The Kier molecular flexibility index (Phi) is 5.97. The largest absolute Gasteiger partial charge is 0.463 e. The third-order valence-corrected chi connectivity index (χ3v) is 4.16. The van der Waals surface area contributed by atoms with E-state index in [4.69, 9.17) is 4.42 Å². The van der Waals surface area contributed by atoms with Crippen LogP contribution in [0.15, 0.2) is 44.1 Å². The van der Waals surface area contributed by atoms with Gasteiger partial charge in [0.2, 0.25) is 11.5 Å². The molecule has 142 valence electrons. The zero-order valence-corrected chi connectivity index (χ0v) is 15.2. The van der Waals surface area contributed by atoms with Crippen LogP contribution in [0.2, 0.25) is 0 Å². The minimum absolute atomic E-state index is 0.223. The number of pyridine rings is 1. The van der Waals surface area contributed by atoms with E-state index in [1.54, 1.807) is 0 Å². The van der Waals surface area contributed by atoms with Gasteiger partial charge in [-0.3, -0.25) is 9.59 Å². The molecule has 1 unspecified atom stereocenters. The van der Waals surface area contributed by atoms with Crippen LogP contribution in [0.5, 0.6) is 0 Å². The maximum atomic E-state index is 13.3. The first-order chi connectivity index (χ1) is 12.0. The Bertz CT molecular complexity index is 847. The molecule has 1 amide bonds. The van der Waals surface area contributed by atoms with Crippen LogP contribution in [0.3, 0.4) is 0 Å². The second-order valence-electron chi connectivity index (χ2n) is 5.68. The lowest BCUT2D eigenvalue weighted by molar-refractivity contribution is -0.274. The molecule has 0 fully saturated rings. The summed E-state index contributed by atoms with van der Waals surface area (Å²) < 4.78 is 46.5. The number of aryl methyl sites for hydroxylation is 1. The molecule has 0 bridgehead atoms. The number of nitrogens with zero attached hydrogens (tertiary/aromatic N) is 1. The van der Waals surface area contributed by atoms with Gasteiger partial charge in [-0.25, -0.2) is 0 Å². The van der Waals surface area contributed by atoms with Gasteiger partial charge in [0.05, 0.1) is 0 Å². The first-order valence-corrected chi connectivity index (χ1v) is 8.31. The zero-order valence-electron chi connectivity index (χ0n) is 13.6. The summed E-state index contributed by atoms with van der Waals surface area (Å²) in [6.07, 6.45) is -4.43. The van der Waals surface area contributed by atoms with Crippen molar-refractivity contribution in [3.8, 4) is 0 Å². The van der Waals surface area contributed by atoms with Crippen molar-refractivity contribution in [1.82, 2.24) is 9.88 Å². The van der Waals surface area contributed by atoms with Gasteiger partial charge >= 0.3 is 6.18 Å². The van der Waals surface area contributed by atoms with Gasteiger partial charge in [0.1, 0.15) is 18.1 Å². The SMILES string of the molecule is Cc1ccc(C(O)(CCNC(=O)Cn2cc(Br)ccc2=O)C(F)(F)F)o1. The average Bonchev–Trinajstić information content (AvgIpc) is 2.96. The number of nitrogens with one attached hydrogen (secondary N) is 1. The van der Waals surface area contributed by atoms with Crippen LogP contribution < -0.4 is 10.9 Å². The topological polar surface area (TPSA) is 84.5 Å². The first-order valence-electron chi connectivity index (χ1n) is 7.51. The highest BCUT2D eigenvalue weighted by Crippen LogP contribution is 2.41. The predicted molar refractivity (Wildman–Crippen MR) is 89.4 cm³/mol. The van der Waals surface area contributed by atoms with Crippen LogP contribution in [-0.2, 0) is 16.9 Å².